The standard InChI is InChI=1S/C21H18FN3OS2/c1-25-17-6-3-2-5-16(17)23-21(25)28-13-19(26)24-20(18-7-4-12-27-18)14-8-10-15(22)11-9-14/h2-12,20H,13H2,1H3,(H,24,26)/t20-/m1/s1. The van der Waals surface area contributed by atoms with E-state index in [4.69, 9.17) is 0 Å². The largest absolute Gasteiger partial charge is 0.344 e. The van der Waals surface area contributed by atoms with Gasteiger partial charge < -0.3 is 9.88 Å². The number of carbonyl (C=O) groups is 1. The van der Waals surface area contributed by atoms with Gasteiger partial charge in [-0.25, -0.2) is 9.37 Å². The van der Waals surface area contributed by atoms with Gasteiger partial charge in [-0.05, 0) is 41.3 Å². The molecule has 0 bridgehead atoms. The van der Waals surface area contributed by atoms with E-state index < -0.39 is 0 Å². The van der Waals surface area contributed by atoms with E-state index in [2.05, 4.69) is 10.3 Å². The zero-order valence-electron chi connectivity index (χ0n) is 15.1. The molecule has 1 N–H and O–H groups in total. The highest BCUT2D eigenvalue weighted by Crippen LogP contribution is 2.27. The Morgan fingerprint density at radius 3 is 2.68 bits per heavy atom. The van der Waals surface area contributed by atoms with Gasteiger partial charge in [0.05, 0.1) is 22.8 Å². The molecule has 1 atom stereocenters. The van der Waals surface area contributed by atoms with E-state index in [9.17, 15) is 9.18 Å². The summed E-state index contributed by atoms with van der Waals surface area (Å²) >= 11 is 2.96. The number of rotatable bonds is 6. The van der Waals surface area contributed by atoms with Crippen LogP contribution in [0.1, 0.15) is 16.5 Å². The normalized spacial score (nSPS) is 12.2. The zero-order valence-corrected chi connectivity index (χ0v) is 16.8. The highest BCUT2D eigenvalue weighted by Gasteiger charge is 2.19. The van der Waals surface area contributed by atoms with Crippen LogP contribution in [-0.4, -0.2) is 21.2 Å². The Morgan fingerprint density at radius 2 is 1.96 bits per heavy atom. The summed E-state index contributed by atoms with van der Waals surface area (Å²) < 4.78 is 15.3. The van der Waals surface area contributed by atoms with Crippen LogP contribution in [-0.2, 0) is 11.8 Å². The van der Waals surface area contributed by atoms with Crippen molar-refractivity contribution in [3.05, 3.63) is 82.3 Å². The molecule has 2 aromatic heterocycles. The summed E-state index contributed by atoms with van der Waals surface area (Å²) in [5.74, 6) is -0.141. The van der Waals surface area contributed by atoms with Crippen LogP contribution >= 0.6 is 23.1 Å². The second-order valence-corrected chi connectivity index (χ2v) is 8.22. The first-order chi connectivity index (χ1) is 13.6. The number of nitrogens with one attached hydrogen (secondary N) is 1. The van der Waals surface area contributed by atoms with Gasteiger partial charge in [0.1, 0.15) is 5.82 Å². The molecule has 2 heterocycles. The SMILES string of the molecule is Cn1c(SCC(=O)N[C@H](c2ccc(F)cc2)c2cccs2)nc2ccccc21. The van der Waals surface area contributed by atoms with Gasteiger partial charge in [-0.3, -0.25) is 4.79 Å². The van der Waals surface area contributed by atoms with Gasteiger partial charge >= 0.3 is 0 Å². The van der Waals surface area contributed by atoms with Gasteiger partial charge in [-0.1, -0.05) is 42.1 Å². The first-order valence-electron chi connectivity index (χ1n) is 8.74. The molecule has 4 nitrogen and oxygen atoms in total. The minimum atomic E-state index is -0.297. The molecule has 0 spiro atoms. The topological polar surface area (TPSA) is 46.9 Å². The number of halogens is 1. The van der Waals surface area contributed by atoms with Crippen molar-refractivity contribution < 1.29 is 9.18 Å². The Kier molecular flexibility index (Phi) is 5.45. The van der Waals surface area contributed by atoms with Crippen LogP contribution in [0.2, 0.25) is 0 Å². The van der Waals surface area contributed by atoms with Gasteiger partial charge in [0.15, 0.2) is 5.16 Å². The second kappa shape index (κ2) is 8.16. The van der Waals surface area contributed by atoms with Crippen molar-refractivity contribution in [2.45, 2.75) is 11.2 Å². The van der Waals surface area contributed by atoms with Crippen molar-refractivity contribution in [2.24, 2.45) is 7.05 Å². The van der Waals surface area contributed by atoms with Crippen molar-refractivity contribution in [1.29, 1.82) is 0 Å². The number of amides is 1. The fourth-order valence-electron chi connectivity index (χ4n) is 3.01. The van der Waals surface area contributed by atoms with E-state index in [0.717, 1.165) is 26.6 Å². The molecule has 0 saturated carbocycles. The molecule has 0 unspecified atom stereocenters. The number of fused-ring (bicyclic) bond motifs is 1. The lowest BCUT2D eigenvalue weighted by molar-refractivity contribution is -0.119. The summed E-state index contributed by atoms with van der Waals surface area (Å²) in [5, 5.41) is 5.83. The summed E-state index contributed by atoms with van der Waals surface area (Å²) in [5.41, 5.74) is 2.80. The van der Waals surface area contributed by atoms with Gasteiger partial charge in [0.2, 0.25) is 5.91 Å². The van der Waals surface area contributed by atoms with Crippen LogP contribution in [0.3, 0.4) is 0 Å². The van der Waals surface area contributed by atoms with Crippen molar-refractivity contribution in [1.82, 2.24) is 14.9 Å². The molecule has 142 valence electrons. The second-order valence-electron chi connectivity index (χ2n) is 6.30. The summed E-state index contributed by atoms with van der Waals surface area (Å²) in [6.45, 7) is 0. The third kappa shape index (κ3) is 3.95. The maximum atomic E-state index is 13.3. The molecule has 0 fully saturated rings. The number of aryl methyl sites for hydroxylation is 1. The summed E-state index contributed by atoms with van der Waals surface area (Å²) in [4.78, 5) is 18.2. The molecular formula is C21H18FN3OS2. The predicted octanol–water partition coefficient (Wildman–Crippen LogP) is 4.77. The van der Waals surface area contributed by atoms with E-state index in [1.165, 1.54) is 23.9 Å². The summed E-state index contributed by atoms with van der Waals surface area (Å²) in [6, 6.07) is 17.7. The molecule has 4 rings (SSSR count). The van der Waals surface area contributed by atoms with Crippen LogP contribution < -0.4 is 5.32 Å². The fraction of sp³-hybridized carbons (Fsp3) is 0.143. The predicted molar refractivity (Wildman–Crippen MR) is 112 cm³/mol. The number of carbonyl (C=O) groups excluding carboxylic acids is 1. The first kappa shape index (κ1) is 18.7. The Labute approximate surface area is 170 Å². The van der Waals surface area contributed by atoms with Crippen molar-refractivity contribution in [3.63, 3.8) is 0 Å². The molecule has 4 aromatic rings. The molecule has 0 aliphatic rings. The zero-order chi connectivity index (χ0) is 19.5. The molecular weight excluding hydrogens is 393 g/mol. The fourth-order valence-corrected chi connectivity index (χ4v) is 4.62. The quantitative estimate of drug-likeness (QED) is 0.465. The van der Waals surface area contributed by atoms with E-state index >= 15 is 0 Å². The molecule has 7 heteroatoms. The number of aromatic nitrogens is 2. The summed E-state index contributed by atoms with van der Waals surface area (Å²) in [7, 11) is 1.95. The maximum absolute atomic E-state index is 13.3. The Balaban J connectivity index is 1.48. The molecule has 1 amide bonds. The Morgan fingerprint density at radius 1 is 1.18 bits per heavy atom. The number of benzene rings is 2. The molecule has 0 radical (unpaired) electrons. The van der Waals surface area contributed by atoms with E-state index in [-0.39, 0.29) is 23.5 Å². The number of thiophene rings is 1. The number of para-hydroxylation sites is 2. The Bertz CT molecular complexity index is 1090. The minimum absolute atomic E-state index is 0.0974. The van der Waals surface area contributed by atoms with Crippen LogP contribution in [0.15, 0.2) is 71.2 Å². The number of nitrogens with zero attached hydrogens (tertiary/aromatic N) is 2. The average molecular weight is 412 g/mol. The lowest BCUT2D eigenvalue weighted by Crippen LogP contribution is -2.30. The average Bonchev–Trinajstić information content (AvgIpc) is 3.34. The number of thioether (sulfide) groups is 1. The van der Waals surface area contributed by atoms with E-state index in [1.54, 1.807) is 23.5 Å². The van der Waals surface area contributed by atoms with Crippen LogP contribution in [0.25, 0.3) is 11.0 Å². The molecule has 0 aliphatic heterocycles. The monoisotopic (exact) mass is 411 g/mol. The lowest BCUT2D eigenvalue weighted by atomic mass is 10.1. The highest BCUT2D eigenvalue weighted by molar-refractivity contribution is 7.99. The maximum Gasteiger partial charge on any atom is 0.231 e. The van der Waals surface area contributed by atoms with Gasteiger partial charge in [-0.2, -0.15) is 0 Å². The Hall–Kier alpha value is -2.64. The van der Waals surface area contributed by atoms with Gasteiger partial charge in [0.25, 0.3) is 0 Å². The molecule has 0 aliphatic carbocycles. The molecule has 0 saturated heterocycles. The number of imidazole rings is 1. The molecule has 2 aromatic carbocycles. The van der Waals surface area contributed by atoms with Crippen molar-refractivity contribution in [2.75, 3.05) is 5.75 Å². The van der Waals surface area contributed by atoms with Crippen LogP contribution in [0.5, 0.6) is 0 Å². The highest BCUT2D eigenvalue weighted by atomic mass is 32.2. The first-order valence-corrected chi connectivity index (χ1v) is 10.6. The molecule has 28 heavy (non-hydrogen) atoms. The minimum Gasteiger partial charge on any atom is -0.344 e. The number of hydrogen-bond acceptors (Lipinski definition) is 4. The van der Waals surface area contributed by atoms with Crippen LogP contribution in [0.4, 0.5) is 4.39 Å². The van der Waals surface area contributed by atoms with Crippen molar-refractivity contribution >= 4 is 40.0 Å². The third-order valence-electron chi connectivity index (χ3n) is 4.41. The number of hydrogen-bond donors (Lipinski definition) is 1. The lowest BCUT2D eigenvalue weighted by Gasteiger charge is -2.18. The van der Waals surface area contributed by atoms with E-state index in [0.29, 0.717) is 0 Å². The van der Waals surface area contributed by atoms with Gasteiger partial charge in [-0.15, -0.1) is 11.3 Å². The van der Waals surface area contributed by atoms with Crippen LogP contribution in [0, 0.1) is 5.82 Å². The third-order valence-corrected chi connectivity index (χ3v) is 6.38. The van der Waals surface area contributed by atoms with Crippen molar-refractivity contribution in [3.8, 4) is 0 Å². The van der Waals surface area contributed by atoms with E-state index in [1.807, 2.05) is 53.4 Å². The summed E-state index contributed by atoms with van der Waals surface area (Å²) in [6.07, 6.45) is 0. The van der Waals surface area contributed by atoms with Gasteiger partial charge in [0, 0.05) is 11.9 Å². The smallest absolute Gasteiger partial charge is 0.231 e.